The van der Waals surface area contributed by atoms with Crippen molar-refractivity contribution in [1.29, 1.82) is 0 Å². The molecule has 1 N–H and O–H groups in total. The Hall–Kier alpha value is -2.62. The molecule has 0 radical (unpaired) electrons. The van der Waals surface area contributed by atoms with Gasteiger partial charge in [-0.15, -0.1) is 0 Å². The Morgan fingerprint density at radius 1 is 1.10 bits per heavy atom. The summed E-state index contributed by atoms with van der Waals surface area (Å²) in [6.07, 6.45) is 4.37. The van der Waals surface area contributed by atoms with Crippen LogP contribution in [0.15, 0.2) is 48.5 Å². The molecule has 29 heavy (non-hydrogen) atoms. The van der Waals surface area contributed by atoms with Gasteiger partial charge in [0.2, 0.25) is 11.8 Å². The molecule has 0 bridgehead atoms. The van der Waals surface area contributed by atoms with Crippen LogP contribution in [-0.4, -0.2) is 11.8 Å². The van der Waals surface area contributed by atoms with E-state index >= 15 is 0 Å². The van der Waals surface area contributed by atoms with Gasteiger partial charge in [0.1, 0.15) is 12.4 Å². The molecule has 0 aromatic heterocycles. The van der Waals surface area contributed by atoms with E-state index in [1.807, 2.05) is 18.2 Å². The van der Waals surface area contributed by atoms with E-state index in [9.17, 15) is 9.59 Å². The van der Waals surface area contributed by atoms with Gasteiger partial charge in [-0.2, -0.15) is 0 Å². The van der Waals surface area contributed by atoms with Gasteiger partial charge in [0, 0.05) is 6.42 Å². The summed E-state index contributed by atoms with van der Waals surface area (Å²) in [6.45, 7) is 2.63. The van der Waals surface area contributed by atoms with Crippen molar-refractivity contribution in [2.75, 3.05) is 0 Å². The van der Waals surface area contributed by atoms with Gasteiger partial charge in [0.25, 0.3) is 0 Å². The van der Waals surface area contributed by atoms with Crippen molar-refractivity contribution in [1.82, 2.24) is 5.32 Å². The topological polar surface area (TPSA) is 55.4 Å². The van der Waals surface area contributed by atoms with Gasteiger partial charge in [-0.1, -0.05) is 43.3 Å². The molecule has 5 rings (SSSR count). The minimum Gasteiger partial charge on any atom is -0.489 e. The smallest absolute Gasteiger partial charge is 0.232 e. The fourth-order valence-corrected chi connectivity index (χ4v) is 5.89. The molecule has 4 heteroatoms. The Morgan fingerprint density at radius 3 is 2.76 bits per heavy atom. The fourth-order valence-electron chi connectivity index (χ4n) is 5.89. The monoisotopic (exact) mass is 389 g/mol. The van der Waals surface area contributed by atoms with Gasteiger partial charge in [0.05, 0.1) is 5.41 Å². The first-order valence-corrected chi connectivity index (χ1v) is 10.7. The molecule has 2 aromatic rings. The van der Waals surface area contributed by atoms with Gasteiger partial charge >= 0.3 is 0 Å². The largest absolute Gasteiger partial charge is 0.489 e. The lowest BCUT2D eigenvalue weighted by Crippen LogP contribution is -2.57. The van der Waals surface area contributed by atoms with Gasteiger partial charge in [-0.25, -0.2) is 0 Å². The van der Waals surface area contributed by atoms with Gasteiger partial charge in [-0.3, -0.25) is 14.9 Å². The standard InChI is InChI=1S/C25H27NO3/c1-25-12-11-20-19-10-8-18(29-15-16-5-3-2-4-6-16)13-17(19)7-9-21(20)22(25)14-23(27)26-24(25)28/h2-6,8,10,13,20-22H,7,9,11-12,14-15H2,1H3,(H,26,27,28)/t20?,21?,22?,25-/m0/s1. The predicted octanol–water partition coefficient (Wildman–Crippen LogP) is 4.37. The van der Waals surface area contributed by atoms with E-state index in [4.69, 9.17) is 4.74 Å². The van der Waals surface area contributed by atoms with Crippen molar-refractivity contribution >= 4 is 11.8 Å². The maximum atomic E-state index is 12.6. The predicted molar refractivity (Wildman–Crippen MR) is 110 cm³/mol. The van der Waals surface area contributed by atoms with E-state index in [0.29, 0.717) is 24.9 Å². The van der Waals surface area contributed by atoms with Gasteiger partial charge in [-0.05, 0) is 72.3 Å². The van der Waals surface area contributed by atoms with E-state index in [0.717, 1.165) is 37.0 Å². The normalized spacial score (nSPS) is 30.6. The second kappa shape index (κ2) is 7.01. The minimum absolute atomic E-state index is 0.0624. The van der Waals surface area contributed by atoms with Crippen LogP contribution in [0.5, 0.6) is 5.75 Å². The number of fused-ring (bicyclic) bond motifs is 5. The number of amides is 2. The average molecular weight is 389 g/mol. The number of rotatable bonds is 3. The van der Waals surface area contributed by atoms with Crippen molar-refractivity contribution in [3.63, 3.8) is 0 Å². The summed E-state index contributed by atoms with van der Waals surface area (Å²) in [5.74, 6) is 1.76. The number of carbonyl (C=O) groups is 2. The summed E-state index contributed by atoms with van der Waals surface area (Å²) in [5.41, 5.74) is 3.53. The van der Waals surface area contributed by atoms with Crippen LogP contribution < -0.4 is 10.1 Å². The number of carbonyl (C=O) groups excluding carboxylic acids is 2. The number of benzene rings is 2. The molecule has 2 fully saturated rings. The maximum absolute atomic E-state index is 12.6. The molecule has 2 aliphatic carbocycles. The molecule has 3 aliphatic rings. The van der Waals surface area contributed by atoms with E-state index in [2.05, 4.69) is 42.6 Å². The molecule has 2 amide bonds. The first-order valence-electron chi connectivity index (χ1n) is 10.7. The Labute approximate surface area is 171 Å². The molecule has 1 saturated heterocycles. The highest BCUT2D eigenvalue weighted by atomic mass is 16.5. The van der Waals surface area contributed by atoms with Crippen LogP contribution >= 0.6 is 0 Å². The number of ether oxygens (including phenoxy) is 1. The van der Waals surface area contributed by atoms with Crippen LogP contribution in [0.3, 0.4) is 0 Å². The van der Waals surface area contributed by atoms with Crippen molar-refractivity contribution in [2.24, 2.45) is 17.3 Å². The third-order valence-electron chi connectivity index (χ3n) is 7.51. The highest BCUT2D eigenvalue weighted by Gasteiger charge is 2.54. The third kappa shape index (κ3) is 3.15. The van der Waals surface area contributed by atoms with Crippen LogP contribution in [-0.2, 0) is 22.6 Å². The molecule has 2 aromatic carbocycles. The van der Waals surface area contributed by atoms with Crippen molar-refractivity contribution in [3.05, 3.63) is 65.2 Å². The lowest BCUT2D eigenvalue weighted by atomic mass is 9.52. The zero-order chi connectivity index (χ0) is 20.0. The van der Waals surface area contributed by atoms with Crippen molar-refractivity contribution in [3.8, 4) is 5.75 Å². The molecular weight excluding hydrogens is 362 g/mol. The zero-order valence-electron chi connectivity index (χ0n) is 16.8. The Balaban J connectivity index is 1.36. The van der Waals surface area contributed by atoms with Crippen LogP contribution in [0.2, 0.25) is 0 Å². The summed E-state index contributed by atoms with van der Waals surface area (Å²) in [5, 5.41) is 2.57. The second-order valence-corrected chi connectivity index (χ2v) is 9.09. The highest BCUT2D eigenvalue weighted by molar-refractivity contribution is 6.01. The summed E-state index contributed by atoms with van der Waals surface area (Å²) in [4.78, 5) is 24.6. The average Bonchev–Trinajstić information content (AvgIpc) is 2.73. The van der Waals surface area contributed by atoms with E-state index in [1.165, 1.54) is 11.1 Å². The number of nitrogens with one attached hydrogen (secondary N) is 1. The summed E-state index contributed by atoms with van der Waals surface area (Å²) in [6, 6.07) is 16.7. The maximum Gasteiger partial charge on any atom is 0.232 e. The third-order valence-corrected chi connectivity index (χ3v) is 7.51. The van der Waals surface area contributed by atoms with Crippen LogP contribution in [0.4, 0.5) is 0 Å². The summed E-state index contributed by atoms with van der Waals surface area (Å²) in [7, 11) is 0. The first kappa shape index (κ1) is 18.4. The van der Waals surface area contributed by atoms with Crippen molar-refractivity contribution in [2.45, 2.75) is 51.6 Å². The number of hydrogen-bond donors (Lipinski definition) is 1. The van der Waals surface area contributed by atoms with E-state index < -0.39 is 5.41 Å². The first-order chi connectivity index (χ1) is 14.0. The number of piperidine rings is 1. The molecule has 4 nitrogen and oxygen atoms in total. The lowest BCUT2D eigenvalue weighted by molar-refractivity contribution is -0.151. The molecule has 150 valence electrons. The highest BCUT2D eigenvalue weighted by Crippen LogP contribution is 2.57. The van der Waals surface area contributed by atoms with Crippen LogP contribution in [0.1, 0.15) is 55.2 Å². The molecule has 1 heterocycles. The number of aryl methyl sites for hydroxylation is 1. The summed E-state index contributed by atoms with van der Waals surface area (Å²) < 4.78 is 6.03. The van der Waals surface area contributed by atoms with E-state index in [1.54, 1.807) is 0 Å². The van der Waals surface area contributed by atoms with Crippen LogP contribution in [0, 0.1) is 17.3 Å². The SMILES string of the molecule is C[C@]12CCC3c4ccc(OCc5ccccc5)cc4CCC3C1CC(=O)NC2=O. The minimum atomic E-state index is -0.398. The molecule has 1 saturated carbocycles. The van der Waals surface area contributed by atoms with Gasteiger partial charge in [0.15, 0.2) is 0 Å². The Bertz CT molecular complexity index is 954. The van der Waals surface area contributed by atoms with Gasteiger partial charge < -0.3 is 4.74 Å². The number of hydrogen-bond acceptors (Lipinski definition) is 3. The lowest BCUT2D eigenvalue weighted by Gasteiger charge is -2.52. The molecule has 1 aliphatic heterocycles. The molecule has 3 unspecified atom stereocenters. The number of imide groups is 1. The molecular formula is C25H27NO3. The zero-order valence-corrected chi connectivity index (χ0v) is 16.8. The van der Waals surface area contributed by atoms with Crippen LogP contribution in [0.25, 0.3) is 0 Å². The fraction of sp³-hybridized carbons (Fsp3) is 0.440. The quantitative estimate of drug-likeness (QED) is 0.793. The molecule has 4 atom stereocenters. The Kier molecular flexibility index (Phi) is 4.45. The second-order valence-electron chi connectivity index (χ2n) is 9.09. The summed E-state index contributed by atoms with van der Waals surface area (Å²) >= 11 is 0. The van der Waals surface area contributed by atoms with Crippen molar-refractivity contribution < 1.29 is 14.3 Å². The molecule has 0 spiro atoms. The Morgan fingerprint density at radius 2 is 1.93 bits per heavy atom. The van der Waals surface area contributed by atoms with E-state index in [-0.39, 0.29) is 17.7 Å².